The van der Waals surface area contributed by atoms with Gasteiger partial charge in [-0.25, -0.2) is 8.78 Å². The van der Waals surface area contributed by atoms with E-state index in [1.165, 1.54) is 12.1 Å². The van der Waals surface area contributed by atoms with Crippen LogP contribution < -0.4 is 10.6 Å². The van der Waals surface area contributed by atoms with Gasteiger partial charge in [0.2, 0.25) is 5.78 Å². The molecule has 0 bridgehead atoms. The Hall–Kier alpha value is -2.48. The SMILES string of the molecule is CC(CC(=N)C(=O)C(=N)CC(C)NCc1ccccc1F)NCc1ccccc1F.Cl. The second kappa shape index (κ2) is 13.0. The lowest BCUT2D eigenvalue weighted by molar-refractivity contribution is -0.107. The molecule has 2 aromatic rings. The summed E-state index contributed by atoms with van der Waals surface area (Å²) in [4.78, 5) is 12.3. The van der Waals surface area contributed by atoms with E-state index in [1.54, 1.807) is 36.4 Å². The molecule has 2 atom stereocenters. The molecule has 2 unspecified atom stereocenters. The third-order valence-electron chi connectivity index (χ3n) is 4.77. The van der Waals surface area contributed by atoms with E-state index >= 15 is 0 Å². The molecule has 2 aromatic carbocycles. The van der Waals surface area contributed by atoms with Gasteiger partial charge in [-0.3, -0.25) is 4.79 Å². The molecule has 0 aliphatic heterocycles. The number of hydrogen-bond donors (Lipinski definition) is 4. The molecular weight excluding hydrogens is 422 g/mol. The maximum atomic E-state index is 13.7. The van der Waals surface area contributed by atoms with E-state index in [1.807, 2.05) is 13.8 Å². The Kier molecular flexibility index (Phi) is 11.2. The highest BCUT2D eigenvalue weighted by molar-refractivity contribution is 6.65. The number of rotatable bonds is 12. The zero-order valence-electron chi connectivity index (χ0n) is 17.7. The molecule has 0 amide bonds. The third kappa shape index (κ3) is 8.65. The molecule has 0 fully saturated rings. The molecule has 0 aromatic heterocycles. The summed E-state index contributed by atoms with van der Waals surface area (Å²) in [5.74, 6) is -1.21. The van der Waals surface area contributed by atoms with Crippen molar-refractivity contribution < 1.29 is 13.6 Å². The van der Waals surface area contributed by atoms with Crippen LogP contribution in [0.15, 0.2) is 48.5 Å². The van der Waals surface area contributed by atoms with Crippen LogP contribution in [-0.4, -0.2) is 29.3 Å². The van der Waals surface area contributed by atoms with Crippen LogP contribution in [0.3, 0.4) is 0 Å². The zero-order valence-corrected chi connectivity index (χ0v) is 18.5. The summed E-state index contributed by atoms with van der Waals surface area (Å²) in [6.07, 6.45) is 0.291. The minimum atomic E-state index is -0.603. The fraction of sp³-hybridized carbons (Fsp3) is 0.348. The first-order chi connectivity index (χ1) is 14.3. The fourth-order valence-electron chi connectivity index (χ4n) is 2.98. The van der Waals surface area contributed by atoms with Crippen LogP contribution in [0.25, 0.3) is 0 Å². The Morgan fingerprint density at radius 1 is 0.806 bits per heavy atom. The Morgan fingerprint density at radius 2 is 1.16 bits per heavy atom. The highest BCUT2D eigenvalue weighted by atomic mass is 35.5. The molecule has 0 aliphatic carbocycles. The minimum Gasteiger partial charge on any atom is -0.310 e. The van der Waals surface area contributed by atoms with Crippen LogP contribution in [0.5, 0.6) is 0 Å². The van der Waals surface area contributed by atoms with Gasteiger partial charge in [0.25, 0.3) is 0 Å². The molecule has 0 saturated heterocycles. The van der Waals surface area contributed by atoms with Crippen molar-refractivity contribution in [3.63, 3.8) is 0 Å². The number of benzene rings is 2. The largest absolute Gasteiger partial charge is 0.310 e. The predicted octanol–water partition coefficient (Wildman–Crippen LogP) is 4.43. The van der Waals surface area contributed by atoms with Gasteiger partial charge in [-0.1, -0.05) is 36.4 Å². The van der Waals surface area contributed by atoms with Crippen LogP contribution >= 0.6 is 12.4 Å². The Bertz CT molecular complexity index is 835. The van der Waals surface area contributed by atoms with Gasteiger partial charge in [-0.15, -0.1) is 12.4 Å². The van der Waals surface area contributed by atoms with Crippen molar-refractivity contribution in [3.8, 4) is 0 Å². The summed E-state index contributed by atoms with van der Waals surface area (Å²) in [5.41, 5.74) is 0.721. The van der Waals surface area contributed by atoms with Crippen molar-refractivity contribution in [1.82, 2.24) is 10.6 Å². The first kappa shape index (κ1) is 26.6. The molecule has 4 N–H and O–H groups in total. The van der Waals surface area contributed by atoms with Crippen molar-refractivity contribution in [2.75, 3.05) is 0 Å². The summed E-state index contributed by atoms with van der Waals surface area (Å²) < 4.78 is 27.3. The molecular formula is C23H29ClF2N4O. The number of carbonyl (C=O) groups excluding carboxylic acids is 1. The third-order valence-corrected chi connectivity index (χ3v) is 4.77. The maximum absolute atomic E-state index is 13.7. The lowest BCUT2D eigenvalue weighted by Crippen LogP contribution is -2.35. The smallest absolute Gasteiger partial charge is 0.220 e. The molecule has 2 rings (SSSR count). The summed E-state index contributed by atoms with van der Waals surface area (Å²) in [6.45, 7) is 4.21. The van der Waals surface area contributed by atoms with Gasteiger partial charge in [0.05, 0.1) is 11.4 Å². The summed E-state index contributed by atoms with van der Waals surface area (Å²) in [6, 6.07) is 12.4. The van der Waals surface area contributed by atoms with Gasteiger partial charge in [0.15, 0.2) is 0 Å². The normalized spacial score (nSPS) is 12.5. The molecule has 0 heterocycles. The van der Waals surface area contributed by atoms with E-state index in [9.17, 15) is 13.6 Å². The number of carbonyl (C=O) groups is 1. The van der Waals surface area contributed by atoms with E-state index < -0.39 is 5.78 Å². The molecule has 0 saturated carbocycles. The average molecular weight is 451 g/mol. The molecule has 5 nitrogen and oxygen atoms in total. The van der Waals surface area contributed by atoms with Crippen molar-refractivity contribution >= 4 is 29.6 Å². The van der Waals surface area contributed by atoms with E-state index in [0.29, 0.717) is 24.2 Å². The highest BCUT2D eigenvalue weighted by Gasteiger charge is 2.20. The standard InChI is InChI=1S/C23H28F2N4O.ClH/c1-15(28-13-17-7-3-5-9-19(17)24)11-21(26)23(30)22(27)12-16(2)29-14-18-8-4-6-10-20(18)25;/h3-10,15-16,26-29H,11-14H2,1-2H3;1H. The number of ketones is 1. The number of nitrogens with one attached hydrogen (secondary N) is 4. The topological polar surface area (TPSA) is 88.8 Å². The zero-order chi connectivity index (χ0) is 22.1. The van der Waals surface area contributed by atoms with Gasteiger partial charge in [-0.2, -0.15) is 0 Å². The van der Waals surface area contributed by atoms with Crippen molar-refractivity contribution in [2.45, 2.75) is 51.9 Å². The predicted molar refractivity (Wildman–Crippen MR) is 122 cm³/mol. The van der Waals surface area contributed by atoms with Crippen molar-refractivity contribution in [1.29, 1.82) is 10.8 Å². The fourth-order valence-corrected chi connectivity index (χ4v) is 2.98. The lowest BCUT2D eigenvalue weighted by atomic mass is 10.00. The molecule has 0 spiro atoms. The summed E-state index contributed by atoms with van der Waals surface area (Å²) in [7, 11) is 0. The first-order valence-electron chi connectivity index (χ1n) is 9.91. The van der Waals surface area contributed by atoms with Crippen molar-refractivity contribution in [2.24, 2.45) is 0 Å². The first-order valence-corrected chi connectivity index (χ1v) is 9.91. The van der Waals surface area contributed by atoms with E-state index in [4.69, 9.17) is 10.8 Å². The number of halogens is 3. The lowest BCUT2D eigenvalue weighted by Gasteiger charge is -2.16. The van der Waals surface area contributed by atoms with Crippen LogP contribution in [0.2, 0.25) is 0 Å². The van der Waals surface area contributed by atoms with E-state index in [-0.39, 0.29) is 60.4 Å². The van der Waals surface area contributed by atoms with Crippen LogP contribution in [0.1, 0.15) is 37.8 Å². The second-order valence-corrected chi connectivity index (χ2v) is 7.44. The van der Waals surface area contributed by atoms with Gasteiger partial charge in [0.1, 0.15) is 11.6 Å². The summed E-state index contributed by atoms with van der Waals surface area (Å²) >= 11 is 0. The van der Waals surface area contributed by atoms with E-state index in [2.05, 4.69) is 10.6 Å². The van der Waals surface area contributed by atoms with E-state index in [0.717, 1.165) is 0 Å². The molecule has 0 aliphatic rings. The molecule has 8 heteroatoms. The Labute approximate surface area is 188 Å². The minimum absolute atomic E-state index is 0. The van der Waals surface area contributed by atoms with Gasteiger partial charge in [-0.05, 0) is 26.0 Å². The van der Waals surface area contributed by atoms with Gasteiger partial charge < -0.3 is 21.5 Å². The van der Waals surface area contributed by atoms with Gasteiger partial charge >= 0.3 is 0 Å². The highest BCUT2D eigenvalue weighted by Crippen LogP contribution is 2.08. The molecule has 31 heavy (non-hydrogen) atoms. The molecule has 168 valence electrons. The van der Waals surface area contributed by atoms with Crippen LogP contribution in [0.4, 0.5) is 8.78 Å². The second-order valence-electron chi connectivity index (χ2n) is 7.44. The average Bonchev–Trinajstić information content (AvgIpc) is 2.72. The Balaban J connectivity index is 0.00000480. The van der Waals surface area contributed by atoms with Gasteiger partial charge in [0, 0.05) is 49.1 Å². The maximum Gasteiger partial charge on any atom is 0.220 e. The summed E-state index contributed by atoms with van der Waals surface area (Å²) in [5, 5.41) is 22.2. The Morgan fingerprint density at radius 3 is 1.52 bits per heavy atom. The quantitative estimate of drug-likeness (QED) is 0.360. The monoisotopic (exact) mass is 450 g/mol. The number of hydrogen-bond acceptors (Lipinski definition) is 5. The number of Topliss-reactive ketones (excluding diaryl/α,β-unsaturated/α-hetero) is 1. The van der Waals surface area contributed by atoms with Crippen LogP contribution in [-0.2, 0) is 17.9 Å². The van der Waals surface area contributed by atoms with Crippen molar-refractivity contribution in [3.05, 3.63) is 71.3 Å². The van der Waals surface area contributed by atoms with Crippen LogP contribution in [0, 0.1) is 22.5 Å². The molecule has 0 radical (unpaired) electrons.